The van der Waals surface area contributed by atoms with Crippen molar-refractivity contribution in [3.63, 3.8) is 0 Å². The van der Waals surface area contributed by atoms with Gasteiger partial charge in [-0.1, -0.05) is 60.7 Å². The van der Waals surface area contributed by atoms with Gasteiger partial charge in [0.2, 0.25) is 0 Å². The maximum absolute atomic E-state index is 13.2. The molecule has 3 aromatic rings. The van der Waals surface area contributed by atoms with Crippen LogP contribution in [-0.4, -0.2) is 36.3 Å². The number of alkyl halides is 6. The Kier molecular flexibility index (Phi) is 8.79. The SMILES string of the molecule is COC(=O)[C@H](Cc1ccc(-c2cccc(C(F)(F)F)c2)cc1)NC(=O)c1cc(C2=CC(C(F)(F)F)CC=C2)ccc1O. The summed E-state index contributed by atoms with van der Waals surface area (Å²) in [6, 6.07) is 13.7. The summed E-state index contributed by atoms with van der Waals surface area (Å²) < 4.78 is 83.8. The molecule has 220 valence electrons. The van der Waals surface area contributed by atoms with Crippen LogP contribution in [0.4, 0.5) is 26.3 Å². The summed E-state index contributed by atoms with van der Waals surface area (Å²) in [5, 5.41) is 12.8. The third-order valence-corrected chi connectivity index (χ3v) is 6.77. The topological polar surface area (TPSA) is 75.6 Å². The lowest BCUT2D eigenvalue weighted by Gasteiger charge is -2.20. The van der Waals surface area contributed by atoms with Gasteiger partial charge < -0.3 is 15.2 Å². The molecule has 2 atom stereocenters. The van der Waals surface area contributed by atoms with Gasteiger partial charge in [0, 0.05) is 6.42 Å². The molecule has 1 unspecified atom stereocenters. The zero-order valence-corrected chi connectivity index (χ0v) is 22.1. The molecule has 0 aromatic heterocycles. The smallest absolute Gasteiger partial charge is 0.416 e. The zero-order chi connectivity index (χ0) is 30.7. The Morgan fingerprint density at radius 1 is 0.952 bits per heavy atom. The minimum atomic E-state index is -4.49. The van der Waals surface area contributed by atoms with Gasteiger partial charge in [-0.2, -0.15) is 26.3 Å². The monoisotopic (exact) mass is 589 g/mol. The van der Waals surface area contributed by atoms with Gasteiger partial charge in [0.05, 0.1) is 24.2 Å². The molecule has 1 aliphatic carbocycles. The first kappa shape index (κ1) is 30.4. The zero-order valence-electron chi connectivity index (χ0n) is 22.1. The highest BCUT2D eigenvalue weighted by molar-refractivity contribution is 6.00. The first-order valence-corrected chi connectivity index (χ1v) is 12.7. The molecular formula is C31H25F6NO4. The van der Waals surface area contributed by atoms with Crippen molar-refractivity contribution in [1.29, 1.82) is 0 Å². The number of benzene rings is 3. The number of hydrogen-bond acceptors (Lipinski definition) is 4. The third-order valence-electron chi connectivity index (χ3n) is 6.77. The van der Waals surface area contributed by atoms with Crippen LogP contribution in [0.2, 0.25) is 0 Å². The van der Waals surface area contributed by atoms with Crippen molar-refractivity contribution >= 4 is 17.4 Å². The normalized spacial score (nSPS) is 16.0. The van der Waals surface area contributed by atoms with Crippen LogP contribution in [0.5, 0.6) is 5.75 Å². The second-order valence-corrected chi connectivity index (χ2v) is 9.67. The summed E-state index contributed by atoms with van der Waals surface area (Å²) in [4.78, 5) is 25.6. The lowest BCUT2D eigenvalue weighted by molar-refractivity contribution is -0.160. The summed E-state index contributed by atoms with van der Waals surface area (Å²) in [5.41, 5.74) is 0.838. The van der Waals surface area contributed by atoms with Gasteiger partial charge in [0.25, 0.3) is 5.91 Å². The molecule has 42 heavy (non-hydrogen) atoms. The van der Waals surface area contributed by atoms with Gasteiger partial charge in [-0.3, -0.25) is 4.79 Å². The van der Waals surface area contributed by atoms with Crippen molar-refractivity contribution in [2.24, 2.45) is 5.92 Å². The van der Waals surface area contributed by atoms with Gasteiger partial charge >= 0.3 is 18.3 Å². The summed E-state index contributed by atoms with van der Waals surface area (Å²) in [6.07, 6.45) is -5.27. The number of rotatable bonds is 7. The summed E-state index contributed by atoms with van der Waals surface area (Å²) in [7, 11) is 1.12. The number of phenolic OH excluding ortho intramolecular Hbond substituents is 1. The number of esters is 1. The minimum Gasteiger partial charge on any atom is -0.507 e. The highest BCUT2D eigenvalue weighted by atomic mass is 19.4. The molecule has 5 nitrogen and oxygen atoms in total. The van der Waals surface area contributed by atoms with E-state index in [0.29, 0.717) is 16.7 Å². The molecule has 3 aromatic carbocycles. The van der Waals surface area contributed by atoms with E-state index in [2.05, 4.69) is 5.32 Å². The minimum absolute atomic E-state index is 0.0527. The number of carbonyl (C=O) groups is 2. The Bertz CT molecular complexity index is 1520. The van der Waals surface area contributed by atoms with E-state index in [1.807, 2.05) is 0 Å². The van der Waals surface area contributed by atoms with Crippen molar-refractivity contribution in [3.05, 3.63) is 107 Å². The van der Waals surface area contributed by atoms with Gasteiger partial charge in [-0.15, -0.1) is 0 Å². The maximum Gasteiger partial charge on any atom is 0.416 e. The van der Waals surface area contributed by atoms with Gasteiger partial charge in [-0.25, -0.2) is 4.79 Å². The van der Waals surface area contributed by atoms with Crippen LogP contribution in [0, 0.1) is 5.92 Å². The number of halogens is 6. The Labute approximate surface area is 237 Å². The quantitative estimate of drug-likeness (QED) is 0.228. The average Bonchev–Trinajstić information content (AvgIpc) is 2.96. The van der Waals surface area contributed by atoms with Crippen LogP contribution in [0.3, 0.4) is 0 Å². The number of amides is 1. The van der Waals surface area contributed by atoms with E-state index >= 15 is 0 Å². The third kappa shape index (κ3) is 7.20. The number of ether oxygens (including phenoxy) is 1. The largest absolute Gasteiger partial charge is 0.507 e. The van der Waals surface area contributed by atoms with E-state index in [1.54, 1.807) is 24.3 Å². The maximum atomic E-state index is 13.2. The number of aromatic hydroxyl groups is 1. The number of methoxy groups -OCH3 is 1. The number of nitrogens with one attached hydrogen (secondary N) is 1. The molecule has 0 spiro atoms. The van der Waals surface area contributed by atoms with Crippen LogP contribution in [-0.2, 0) is 22.1 Å². The first-order valence-electron chi connectivity index (χ1n) is 12.7. The van der Waals surface area contributed by atoms with E-state index in [1.165, 1.54) is 42.5 Å². The van der Waals surface area contributed by atoms with Crippen molar-refractivity contribution in [1.82, 2.24) is 5.32 Å². The lowest BCUT2D eigenvalue weighted by atomic mass is 9.91. The van der Waals surface area contributed by atoms with Crippen LogP contribution in [0.25, 0.3) is 16.7 Å². The van der Waals surface area contributed by atoms with Crippen LogP contribution in [0.1, 0.15) is 33.5 Å². The average molecular weight is 590 g/mol. The Balaban J connectivity index is 1.53. The van der Waals surface area contributed by atoms with E-state index in [-0.39, 0.29) is 29.5 Å². The van der Waals surface area contributed by atoms with Crippen molar-refractivity contribution in [2.75, 3.05) is 7.11 Å². The molecule has 0 radical (unpaired) electrons. The molecule has 0 aliphatic heterocycles. The molecule has 1 aliphatic rings. The molecule has 0 saturated heterocycles. The highest BCUT2D eigenvalue weighted by Gasteiger charge is 2.38. The van der Waals surface area contributed by atoms with Crippen LogP contribution >= 0.6 is 0 Å². The number of allylic oxidation sites excluding steroid dienone is 4. The molecule has 4 rings (SSSR count). The van der Waals surface area contributed by atoms with Crippen molar-refractivity contribution < 1.29 is 45.8 Å². The fourth-order valence-corrected chi connectivity index (χ4v) is 4.52. The van der Waals surface area contributed by atoms with E-state index < -0.39 is 47.5 Å². The Morgan fingerprint density at radius 3 is 2.29 bits per heavy atom. The first-order chi connectivity index (χ1) is 19.8. The molecule has 0 heterocycles. The van der Waals surface area contributed by atoms with Gasteiger partial charge in [-0.05, 0) is 58.5 Å². The second-order valence-electron chi connectivity index (χ2n) is 9.67. The van der Waals surface area contributed by atoms with Crippen LogP contribution < -0.4 is 5.32 Å². The molecule has 0 saturated carbocycles. The lowest BCUT2D eigenvalue weighted by Crippen LogP contribution is -2.43. The predicted molar refractivity (Wildman–Crippen MR) is 143 cm³/mol. The Morgan fingerprint density at radius 2 is 1.64 bits per heavy atom. The van der Waals surface area contributed by atoms with Gasteiger partial charge in [0.15, 0.2) is 0 Å². The van der Waals surface area contributed by atoms with E-state index in [0.717, 1.165) is 25.3 Å². The van der Waals surface area contributed by atoms with Crippen molar-refractivity contribution in [2.45, 2.75) is 31.2 Å². The summed E-state index contributed by atoms with van der Waals surface area (Å²) >= 11 is 0. The molecular weight excluding hydrogens is 564 g/mol. The number of phenols is 1. The predicted octanol–water partition coefficient (Wildman–Crippen LogP) is 7.11. The number of carbonyl (C=O) groups excluding carboxylic acids is 2. The van der Waals surface area contributed by atoms with Crippen LogP contribution in [0.15, 0.2) is 85.0 Å². The van der Waals surface area contributed by atoms with Crippen molar-refractivity contribution in [3.8, 4) is 16.9 Å². The molecule has 11 heteroatoms. The molecule has 0 bridgehead atoms. The second kappa shape index (κ2) is 12.1. The fraction of sp³-hybridized carbons (Fsp3) is 0.226. The number of hydrogen-bond donors (Lipinski definition) is 2. The standard InChI is InChI=1S/C31H25F6NO4/c1-42-29(41)26(14-18-8-10-19(11-9-18)20-4-2-6-23(15-20)30(32,33)34)38-28(40)25-17-22(12-13-27(25)39)21-5-3-7-24(16-21)31(35,36)37/h2-6,8-13,15-17,24,26,39H,7,14H2,1H3,(H,38,40)/t24?,26-/m0/s1. The summed E-state index contributed by atoms with van der Waals surface area (Å²) in [5.74, 6) is -3.80. The highest BCUT2D eigenvalue weighted by Crippen LogP contribution is 2.37. The molecule has 2 N–H and O–H groups in total. The molecule has 0 fully saturated rings. The molecule has 1 amide bonds. The fourth-order valence-electron chi connectivity index (χ4n) is 4.52. The summed E-state index contributed by atoms with van der Waals surface area (Å²) in [6.45, 7) is 0. The van der Waals surface area contributed by atoms with Gasteiger partial charge in [0.1, 0.15) is 11.8 Å². The van der Waals surface area contributed by atoms with E-state index in [4.69, 9.17) is 4.74 Å². The van der Waals surface area contributed by atoms with E-state index in [9.17, 15) is 41.0 Å². The Hall–Kier alpha value is -4.54.